The van der Waals surface area contributed by atoms with Crippen LogP contribution >= 0.6 is 0 Å². The molecule has 0 radical (unpaired) electrons. The lowest BCUT2D eigenvalue weighted by atomic mass is 9.94. The van der Waals surface area contributed by atoms with Gasteiger partial charge in [-0.2, -0.15) is 0 Å². The van der Waals surface area contributed by atoms with E-state index in [1.165, 1.54) is 22.4 Å². The number of hydrogen-bond acceptors (Lipinski definition) is 1. The van der Waals surface area contributed by atoms with Crippen LogP contribution < -0.4 is 4.57 Å². The van der Waals surface area contributed by atoms with Crippen molar-refractivity contribution in [2.24, 2.45) is 5.41 Å². The largest absolute Gasteiger partial charge is 0.335 e. The first kappa shape index (κ1) is 18.7. The Labute approximate surface area is 157 Å². The maximum absolute atomic E-state index is 12.7. The first-order valence-electron chi connectivity index (χ1n) is 9.63. The number of imidazole rings is 1. The van der Waals surface area contributed by atoms with Crippen molar-refractivity contribution in [3.05, 3.63) is 47.5 Å². The van der Waals surface area contributed by atoms with Gasteiger partial charge in [-0.3, -0.25) is 4.79 Å². The second-order valence-corrected chi connectivity index (χ2v) is 8.81. The molecular weight excluding hydrogens is 322 g/mol. The van der Waals surface area contributed by atoms with Crippen LogP contribution in [0.2, 0.25) is 0 Å². The van der Waals surface area contributed by atoms with E-state index < -0.39 is 0 Å². The monoisotopic (exact) mass is 354 g/mol. The zero-order valence-corrected chi connectivity index (χ0v) is 17.0. The number of amides is 1. The molecule has 1 atom stereocenters. The van der Waals surface area contributed by atoms with Crippen LogP contribution in [0.15, 0.2) is 30.9 Å². The lowest BCUT2D eigenvalue weighted by Gasteiger charge is -2.30. The molecule has 0 saturated carbocycles. The molecule has 140 valence electrons. The Kier molecular flexibility index (Phi) is 4.96. The van der Waals surface area contributed by atoms with Gasteiger partial charge in [-0.05, 0) is 44.7 Å². The summed E-state index contributed by atoms with van der Waals surface area (Å²) in [7, 11) is 0. The van der Waals surface area contributed by atoms with E-state index >= 15 is 0 Å². The van der Waals surface area contributed by atoms with E-state index in [1.807, 2.05) is 20.8 Å². The van der Waals surface area contributed by atoms with Crippen molar-refractivity contribution in [2.45, 2.75) is 67.0 Å². The Morgan fingerprint density at radius 1 is 1.19 bits per heavy atom. The highest BCUT2D eigenvalue weighted by atomic mass is 16.2. The van der Waals surface area contributed by atoms with E-state index in [0.29, 0.717) is 6.04 Å². The van der Waals surface area contributed by atoms with Crippen molar-refractivity contribution in [3.63, 3.8) is 0 Å². The predicted molar refractivity (Wildman–Crippen MR) is 104 cm³/mol. The summed E-state index contributed by atoms with van der Waals surface area (Å²) in [4.78, 5) is 14.8. The maximum atomic E-state index is 12.7. The van der Waals surface area contributed by atoms with E-state index in [4.69, 9.17) is 0 Å². The highest BCUT2D eigenvalue weighted by molar-refractivity contribution is 5.82. The molecule has 2 aromatic rings. The van der Waals surface area contributed by atoms with Gasteiger partial charge in [0.15, 0.2) is 0 Å². The van der Waals surface area contributed by atoms with Gasteiger partial charge in [-0.1, -0.05) is 38.5 Å². The number of aryl methyl sites for hydroxylation is 3. The summed E-state index contributed by atoms with van der Waals surface area (Å²) >= 11 is 0. The second-order valence-electron chi connectivity index (χ2n) is 8.81. The Balaban J connectivity index is 1.80. The fourth-order valence-corrected chi connectivity index (χ4v) is 4.18. The van der Waals surface area contributed by atoms with Gasteiger partial charge >= 0.3 is 0 Å². The quantitative estimate of drug-likeness (QED) is 0.772. The van der Waals surface area contributed by atoms with Crippen LogP contribution in [0, 0.1) is 26.2 Å². The van der Waals surface area contributed by atoms with E-state index in [9.17, 15) is 4.79 Å². The molecule has 1 aromatic heterocycles. The minimum atomic E-state index is -0.310. The van der Waals surface area contributed by atoms with Crippen LogP contribution in [0.25, 0.3) is 5.69 Å². The number of carbonyl (C=O) groups is 1. The summed E-state index contributed by atoms with van der Waals surface area (Å²) in [5.41, 5.74) is 4.82. The van der Waals surface area contributed by atoms with Gasteiger partial charge in [0.25, 0.3) is 0 Å². The fourth-order valence-electron chi connectivity index (χ4n) is 4.18. The Morgan fingerprint density at radius 3 is 2.46 bits per heavy atom. The predicted octanol–water partition coefficient (Wildman–Crippen LogP) is 3.73. The molecule has 1 amide bonds. The van der Waals surface area contributed by atoms with Crippen LogP contribution in [0.5, 0.6) is 0 Å². The van der Waals surface area contributed by atoms with Gasteiger partial charge in [0, 0.05) is 12.0 Å². The average molecular weight is 355 g/mol. The molecule has 0 unspecified atom stereocenters. The Hall–Kier alpha value is -2.10. The summed E-state index contributed by atoms with van der Waals surface area (Å²) < 4.78 is 4.42. The molecule has 1 aliphatic heterocycles. The summed E-state index contributed by atoms with van der Waals surface area (Å²) in [6.45, 7) is 14.3. The Morgan fingerprint density at radius 2 is 1.85 bits per heavy atom. The maximum Gasteiger partial charge on any atom is 0.249 e. The van der Waals surface area contributed by atoms with Crippen molar-refractivity contribution in [3.8, 4) is 5.69 Å². The highest BCUT2D eigenvalue weighted by Gasteiger charge is 2.36. The van der Waals surface area contributed by atoms with Crippen molar-refractivity contribution in [2.75, 3.05) is 6.54 Å². The highest BCUT2D eigenvalue weighted by Crippen LogP contribution is 2.26. The van der Waals surface area contributed by atoms with E-state index in [-0.39, 0.29) is 11.3 Å². The van der Waals surface area contributed by atoms with E-state index in [2.05, 4.69) is 65.7 Å². The molecule has 1 aliphatic rings. The van der Waals surface area contributed by atoms with Crippen molar-refractivity contribution < 1.29 is 9.36 Å². The van der Waals surface area contributed by atoms with Crippen LogP contribution in [0.1, 0.15) is 50.3 Å². The molecule has 1 fully saturated rings. The minimum absolute atomic E-state index is 0.269. The molecule has 26 heavy (non-hydrogen) atoms. The molecule has 1 saturated heterocycles. The lowest BCUT2D eigenvalue weighted by Crippen LogP contribution is -2.49. The zero-order chi connectivity index (χ0) is 19.1. The number of hydrogen-bond donors (Lipinski definition) is 0. The number of likely N-dealkylation sites (tertiary alicyclic amines) is 1. The summed E-state index contributed by atoms with van der Waals surface area (Å²) in [6.07, 6.45) is 8.58. The average Bonchev–Trinajstić information content (AvgIpc) is 3.15. The van der Waals surface area contributed by atoms with Gasteiger partial charge in [0.2, 0.25) is 12.2 Å². The fraction of sp³-hybridized carbons (Fsp3) is 0.545. The first-order valence-corrected chi connectivity index (χ1v) is 9.63. The molecule has 4 heteroatoms. The number of nitrogens with zero attached hydrogens (tertiary/aromatic N) is 3. The van der Waals surface area contributed by atoms with E-state index in [1.54, 1.807) is 0 Å². The van der Waals surface area contributed by atoms with Gasteiger partial charge in [0.1, 0.15) is 24.6 Å². The molecule has 2 heterocycles. The standard InChI is InChI=1S/C22H32N3O/c1-16-12-17(2)20(18(3)13-16)24-11-10-23(15-24)14-19-8-7-9-25(19)21(26)22(4,5)6/h10-13,15,19H,7-9,14H2,1-6H3/q+1/t19-/m0/s1. The van der Waals surface area contributed by atoms with Crippen LogP contribution in [-0.4, -0.2) is 28.0 Å². The second kappa shape index (κ2) is 6.90. The van der Waals surface area contributed by atoms with Gasteiger partial charge in [-0.25, -0.2) is 9.13 Å². The molecule has 0 N–H and O–H groups in total. The number of carbonyl (C=O) groups excluding carboxylic acids is 1. The number of aromatic nitrogens is 2. The van der Waals surface area contributed by atoms with Crippen LogP contribution in [0.4, 0.5) is 0 Å². The van der Waals surface area contributed by atoms with Gasteiger partial charge < -0.3 is 4.90 Å². The van der Waals surface area contributed by atoms with E-state index in [0.717, 1.165) is 25.9 Å². The number of rotatable bonds is 3. The normalized spacial score (nSPS) is 17.8. The summed E-state index contributed by atoms with van der Waals surface area (Å²) in [5.74, 6) is 0.269. The summed E-state index contributed by atoms with van der Waals surface area (Å²) in [6, 6.07) is 4.75. The van der Waals surface area contributed by atoms with Crippen LogP contribution in [0.3, 0.4) is 0 Å². The van der Waals surface area contributed by atoms with Gasteiger partial charge in [0.05, 0.1) is 6.04 Å². The molecule has 4 nitrogen and oxygen atoms in total. The SMILES string of the molecule is Cc1cc(C)c(-n2cc[n+](C[C@@H]3CCCN3C(=O)C(C)(C)C)c2)c(C)c1. The molecule has 0 spiro atoms. The van der Waals surface area contributed by atoms with Crippen molar-refractivity contribution in [1.82, 2.24) is 9.47 Å². The molecule has 0 bridgehead atoms. The third kappa shape index (κ3) is 3.69. The lowest BCUT2D eigenvalue weighted by molar-refractivity contribution is -0.699. The molecular formula is C22H32N3O+. The third-order valence-electron chi connectivity index (χ3n) is 5.29. The molecule has 3 rings (SSSR count). The summed E-state index contributed by atoms with van der Waals surface area (Å²) in [5, 5.41) is 0. The topological polar surface area (TPSA) is 29.1 Å². The van der Waals surface area contributed by atoms with Crippen LogP contribution in [-0.2, 0) is 11.3 Å². The smallest absolute Gasteiger partial charge is 0.249 e. The van der Waals surface area contributed by atoms with Gasteiger partial charge in [-0.15, -0.1) is 0 Å². The minimum Gasteiger partial charge on any atom is -0.335 e. The third-order valence-corrected chi connectivity index (χ3v) is 5.29. The first-order chi connectivity index (χ1) is 12.2. The van der Waals surface area contributed by atoms with Crippen molar-refractivity contribution in [1.29, 1.82) is 0 Å². The zero-order valence-electron chi connectivity index (χ0n) is 17.0. The number of benzene rings is 1. The Bertz CT molecular complexity index is 790. The molecule has 1 aromatic carbocycles. The molecule has 0 aliphatic carbocycles. The van der Waals surface area contributed by atoms with Crippen molar-refractivity contribution >= 4 is 5.91 Å².